The van der Waals surface area contributed by atoms with Gasteiger partial charge in [-0.1, -0.05) is 12.1 Å². The fourth-order valence-corrected chi connectivity index (χ4v) is 3.73. The second kappa shape index (κ2) is 5.47. The molecule has 0 N–H and O–H groups in total. The van der Waals surface area contributed by atoms with Gasteiger partial charge < -0.3 is 23.7 Å². The molecule has 3 aliphatic heterocycles. The first kappa shape index (κ1) is 16.4. The van der Waals surface area contributed by atoms with Crippen LogP contribution in [0.25, 0.3) is 0 Å². The molecule has 0 aromatic heterocycles. The maximum absolute atomic E-state index is 13.2. The molecule has 24 heavy (non-hydrogen) atoms. The van der Waals surface area contributed by atoms with Gasteiger partial charge in [0.25, 0.3) is 0 Å². The summed E-state index contributed by atoms with van der Waals surface area (Å²) in [6.07, 6.45) is -1.36. The Morgan fingerprint density at radius 1 is 0.875 bits per heavy atom. The summed E-state index contributed by atoms with van der Waals surface area (Å²) in [5.41, 5.74) is 0.869. The van der Waals surface area contributed by atoms with E-state index in [1.807, 2.05) is 27.7 Å². The van der Waals surface area contributed by atoms with Gasteiger partial charge in [-0.25, -0.2) is 4.39 Å². The van der Waals surface area contributed by atoms with E-state index >= 15 is 0 Å². The molecule has 3 heterocycles. The molecule has 1 aromatic carbocycles. The van der Waals surface area contributed by atoms with Gasteiger partial charge in [-0.15, -0.1) is 0 Å². The summed E-state index contributed by atoms with van der Waals surface area (Å²) in [5, 5.41) is 0. The first-order valence-corrected chi connectivity index (χ1v) is 8.32. The third-order valence-electron chi connectivity index (χ3n) is 4.68. The average Bonchev–Trinajstić information content (AvgIpc) is 3.10. The first-order valence-electron chi connectivity index (χ1n) is 8.32. The van der Waals surface area contributed by atoms with Crippen molar-refractivity contribution in [3.8, 4) is 0 Å². The van der Waals surface area contributed by atoms with Crippen LogP contribution in [0.1, 0.15) is 39.4 Å². The summed E-state index contributed by atoms with van der Waals surface area (Å²) < 4.78 is 43.3. The normalized spacial score (nSPS) is 40.0. The summed E-state index contributed by atoms with van der Waals surface area (Å²) in [5.74, 6) is -1.60. The lowest BCUT2D eigenvalue weighted by Gasteiger charge is -2.27. The number of halogens is 1. The van der Waals surface area contributed by atoms with Gasteiger partial charge in [0.2, 0.25) is 0 Å². The number of hydrogen-bond donors (Lipinski definition) is 0. The molecule has 3 aliphatic rings. The Labute approximate surface area is 141 Å². The van der Waals surface area contributed by atoms with Crippen LogP contribution in [0.3, 0.4) is 0 Å². The van der Waals surface area contributed by atoms with Crippen LogP contribution < -0.4 is 0 Å². The van der Waals surface area contributed by atoms with E-state index < -0.39 is 11.6 Å². The molecule has 1 aromatic rings. The number of benzene rings is 1. The Hall–Kier alpha value is -1.05. The highest BCUT2D eigenvalue weighted by molar-refractivity contribution is 5.23. The molecule has 5 nitrogen and oxygen atoms in total. The lowest BCUT2D eigenvalue weighted by molar-refractivity contribution is -0.207. The molecule has 6 heteroatoms. The fourth-order valence-electron chi connectivity index (χ4n) is 3.73. The minimum absolute atomic E-state index is 0.226. The van der Waals surface area contributed by atoms with Crippen LogP contribution in [0.2, 0.25) is 0 Å². The lowest BCUT2D eigenvalue weighted by atomic mass is 10.00. The smallest absolute Gasteiger partial charge is 0.164 e. The van der Waals surface area contributed by atoms with Crippen molar-refractivity contribution >= 4 is 0 Å². The minimum Gasteiger partial charge on any atom is -0.362 e. The van der Waals surface area contributed by atoms with Crippen molar-refractivity contribution in [3.05, 3.63) is 35.6 Å². The van der Waals surface area contributed by atoms with Gasteiger partial charge in [0.05, 0.1) is 6.61 Å². The second-order valence-electron chi connectivity index (χ2n) is 7.50. The highest BCUT2D eigenvalue weighted by Crippen LogP contribution is 2.47. The zero-order valence-corrected chi connectivity index (χ0v) is 14.3. The van der Waals surface area contributed by atoms with Crippen LogP contribution in [0.5, 0.6) is 0 Å². The fraction of sp³-hybridized carbons (Fsp3) is 0.667. The van der Waals surface area contributed by atoms with Crippen molar-refractivity contribution in [1.29, 1.82) is 0 Å². The monoisotopic (exact) mass is 338 g/mol. The van der Waals surface area contributed by atoms with E-state index in [1.165, 1.54) is 12.1 Å². The van der Waals surface area contributed by atoms with Gasteiger partial charge >= 0.3 is 0 Å². The predicted molar refractivity (Wildman–Crippen MR) is 82.7 cm³/mol. The second-order valence-corrected chi connectivity index (χ2v) is 7.50. The van der Waals surface area contributed by atoms with Gasteiger partial charge in [-0.3, -0.25) is 0 Å². The summed E-state index contributed by atoms with van der Waals surface area (Å²) in [7, 11) is 0. The molecule has 0 amide bonds. The molecule has 0 radical (unpaired) electrons. The largest absolute Gasteiger partial charge is 0.362 e. The third-order valence-corrected chi connectivity index (χ3v) is 4.68. The molecular formula is C18H23FO5. The van der Waals surface area contributed by atoms with Crippen molar-refractivity contribution in [3.63, 3.8) is 0 Å². The SMILES string of the molecule is CC1(C)OCC([C@H]2O[C@H](c3ccc(F)cc3)[C@H]3OC(C)(C)O[C@H]32)O1. The van der Waals surface area contributed by atoms with E-state index in [4.69, 9.17) is 23.7 Å². The van der Waals surface area contributed by atoms with E-state index in [1.54, 1.807) is 12.1 Å². The van der Waals surface area contributed by atoms with Gasteiger partial charge in [-0.2, -0.15) is 0 Å². The minimum atomic E-state index is -0.690. The van der Waals surface area contributed by atoms with E-state index in [-0.39, 0.29) is 36.3 Å². The van der Waals surface area contributed by atoms with E-state index in [0.29, 0.717) is 6.61 Å². The van der Waals surface area contributed by atoms with Gasteiger partial charge in [-0.05, 0) is 45.4 Å². The molecule has 0 saturated carbocycles. The summed E-state index contributed by atoms with van der Waals surface area (Å²) in [6, 6.07) is 6.31. The molecule has 0 spiro atoms. The van der Waals surface area contributed by atoms with Gasteiger partial charge in [0.15, 0.2) is 11.6 Å². The average molecular weight is 338 g/mol. The topological polar surface area (TPSA) is 46.2 Å². The number of hydrogen-bond acceptors (Lipinski definition) is 5. The van der Waals surface area contributed by atoms with E-state index in [2.05, 4.69) is 0 Å². The summed E-state index contributed by atoms with van der Waals surface area (Å²) >= 11 is 0. The molecule has 0 bridgehead atoms. The van der Waals surface area contributed by atoms with Crippen LogP contribution in [0.4, 0.5) is 4.39 Å². The van der Waals surface area contributed by atoms with Crippen LogP contribution in [-0.4, -0.2) is 42.6 Å². The molecule has 132 valence electrons. The maximum atomic E-state index is 13.2. The molecule has 3 saturated heterocycles. The Bertz CT molecular complexity index is 614. The van der Waals surface area contributed by atoms with Crippen LogP contribution in [0.15, 0.2) is 24.3 Å². The molecule has 5 atom stereocenters. The van der Waals surface area contributed by atoms with Crippen molar-refractivity contribution in [2.75, 3.05) is 6.61 Å². The number of rotatable bonds is 2. The van der Waals surface area contributed by atoms with Crippen LogP contribution >= 0.6 is 0 Å². The van der Waals surface area contributed by atoms with Gasteiger partial charge in [0, 0.05) is 0 Å². The summed E-state index contributed by atoms with van der Waals surface area (Å²) in [4.78, 5) is 0. The van der Waals surface area contributed by atoms with Crippen molar-refractivity contribution in [1.82, 2.24) is 0 Å². The number of fused-ring (bicyclic) bond motifs is 1. The predicted octanol–water partition coefficient (Wildman–Crippen LogP) is 2.94. The molecule has 3 fully saturated rings. The first-order chi connectivity index (χ1) is 11.2. The Morgan fingerprint density at radius 2 is 1.54 bits per heavy atom. The standard InChI is InChI=1S/C18H23FO5/c1-17(2)20-9-12(22-17)14-16-15(23-18(3,4)24-16)13(21-14)10-5-7-11(19)8-6-10/h5-8,12-16H,9H2,1-4H3/t12?,13-,14-,15-,16+/m1/s1. The Balaban J connectivity index is 1.61. The van der Waals surface area contributed by atoms with Crippen molar-refractivity contribution < 1.29 is 28.1 Å². The van der Waals surface area contributed by atoms with Crippen molar-refractivity contribution in [2.24, 2.45) is 0 Å². The van der Waals surface area contributed by atoms with Crippen LogP contribution in [0, 0.1) is 5.82 Å². The molecule has 1 unspecified atom stereocenters. The van der Waals surface area contributed by atoms with E-state index in [0.717, 1.165) is 5.56 Å². The third kappa shape index (κ3) is 2.86. The summed E-state index contributed by atoms with van der Waals surface area (Å²) in [6.45, 7) is 7.99. The zero-order valence-electron chi connectivity index (χ0n) is 14.3. The number of ether oxygens (including phenoxy) is 5. The molecule has 0 aliphatic carbocycles. The quantitative estimate of drug-likeness (QED) is 0.830. The van der Waals surface area contributed by atoms with E-state index in [9.17, 15) is 4.39 Å². The Morgan fingerprint density at radius 3 is 2.17 bits per heavy atom. The zero-order chi connectivity index (χ0) is 17.1. The highest BCUT2D eigenvalue weighted by Gasteiger charge is 2.59. The van der Waals surface area contributed by atoms with Crippen molar-refractivity contribution in [2.45, 2.75) is 69.8 Å². The highest BCUT2D eigenvalue weighted by atomic mass is 19.1. The maximum Gasteiger partial charge on any atom is 0.164 e. The lowest BCUT2D eigenvalue weighted by Crippen LogP contribution is -2.40. The van der Waals surface area contributed by atoms with Gasteiger partial charge in [0.1, 0.15) is 36.3 Å². The molecular weight excluding hydrogens is 315 g/mol. The Kier molecular flexibility index (Phi) is 3.75. The molecule has 4 rings (SSSR count). The van der Waals surface area contributed by atoms with Crippen LogP contribution in [-0.2, 0) is 23.7 Å².